The SMILES string of the molecule is N#Cc1c(-c2ccc(N3CC4CC(C3)N4)nc2)nn2cc(Br)ccc12. The second-order valence-electron chi connectivity index (χ2n) is 6.62. The third-order valence-corrected chi connectivity index (χ3v) is 5.44. The fraction of sp³-hybridized carbons (Fsp3) is 0.278. The summed E-state index contributed by atoms with van der Waals surface area (Å²) in [6.45, 7) is 2.02. The van der Waals surface area contributed by atoms with Crippen LogP contribution in [0.15, 0.2) is 41.1 Å². The van der Waals surface area contributed by atoms with Crippen molar-refractivity contribution in [2.45, 2.75) is 18.5 Å². The Labute approximate surface area is 153 Å². The molecule has 3 fully saturated rings. The van der Waals surface area contributed by atoms with Gasteiger partial charge in [0.15, 0.2) is 0 Å². The van der Waals surface area contributed by atoms with Gasteiger partial charge in [-0.3, -0.25) is 0 Å². The van der Waals surface area contributed by atoms with Gasteiger partial charge in [-0.15, -0.1) is 0 Å². The minimum Gasteiger partial charge on any atom is -0.353 e. The van der Waals surface area contributed by atoms with E-state index in [0.29, 0.717) is 23.3 Å². The van der Waals surface area contributed by atoms with Crippen molar-refractivity contribution in [3.8, 4) is 17.3 Å². The van der Waals surface area contributed by atoms with Gasteiger partial charge in [-0.1, -0.05) is 0 Å². The van der Waals surface area contributed by atoms with Gasteiger partial charge in [0.2, 0.25) is 0 Å². The van der Waals surface area contributed by atoms with Crippen molar-refractivity contribution in [2.75, 3.05) is 18.0 Å². The molecule has 0 aromatic carbocycles. The summed E-state index contributed by atoms with van der Waals surface area (Å²) in [4.78, 5) is 6.95. The largest absolute Gasteiger partial charge is 0.353 e. The van der Waals surface area contributed by atoms with Crippen LogP contribution < -0.4 is 10.2 Å². The number of aromatic nitrogens is 3. The van der Waals surface area contributed by atoms with Crippen molar-refractivity contribution < 1.29 is 0 Å². The number of rotatable bonds is 2. The summed E-state index contributed by atoms with van der Waals surface area (Å²) in [5, 5.41) is 17.7. The Hall–Kier alpha value is -2.43. The number of nitrogens with zero attached hydrogens (tertiary/aromatic N) is 5. The first-order chi connectivity index (χ1) is 12.2. The van der Waals surface area contributed by atoms with Gasteiger partial charge in [0, 0.05) is 47.6 Å². The van der Waals surface area contributed by atoms with Gasteiger partial charge < -0.3 is 10.2 Å². The van der Waals surface area contributed by atoms with Gasteiger partial charge in [-0.25, -0.2) is 9.50 Å². The van der Waals surface area contributed by atoms with Crippen LogP contribution in [0.2, 0.25) is 0 Å². The number of fused-ring (bicyclic) bond motifs is 3. The number of nitrogens with one attached hydrogen (secondary N) is 1. The molecule has 0 aliphatic carbocycles. The lowest BCUT2D eigenvalue weighted by atomic mass is 9.91. The minimum atomic E-state index is 0.575. The number of pyridine rings is 2. The number of hydrogen-bond acceptors (Lipinski definition) is 5. The summed E-state index contributed by atoms with van der Waals surface area (Å²) < 4.78 is 2.65. The number of halogens is 1. The average molecular weight is 395 g/mol. The Bertz CT molecular complexity index is 987. The van der Waals surface area contributed by atoms with Gasteiger partial charge in [0.1, 0.15) is 23.1 Å². The zero-order chi connectivity index (χ0) is 17.0. The van der Waals surface area contributed by atoms with Crippen LogP contribution >= 0.6 is 15.9 Å². The molecular formula is C18H15BrN6. The van der Waals surface area contributed by atoms with Crippen LogP contribution in [-0.2, 0) is 0 Å². The van der Waals surface area contributed by atoms with Crippen LogP contribution in [-0.4, -0.2) is 39.8 Å². The van der Waals surface area contributed by atoms with Gasteiger partial charge >= 0.3 is 0 Å². The summed E-state index contributed by atoms with van der Waals surface area (Å²) >= 11 is 3.44. The molecule has 124 valence electrons. The van der Waals surface area contributed by atoms with E-state index in [1.165, 1.54) is 6.42 Å². The maximum atomic E-state index is 9.58. The van der Waals surface area contributed by atoms with Gasteiger partial charge in [-0.05, 0) is 46.6 Å². The quantitative estimate of drug-likeness (QED) is 0.723. The first kappa shape index (κ1) is 14.9. The molecule has 2 unspecified atom stereocenters. The van der Waals surface area contributed by atoms with Gasteiger partial charge in [0.25, 0.3) is 0 Å². The summed E-state index contributed by atoms with van der Waals surface area (Å²) in [6, 6.07) is 11.3. The van der Waals surface area contributed by atoms with E-state index in [1.807, 2.05) is 36.7 Å². The first-order valence-corrected chi connectivity index (χ1v) is 9.06. The molecule has 1 N–H and O–H groups in total. The highest BCUT2D eigenvalue weighted by atomic mass is 79.9. The highest BCUT2D eigenvalue weighted by molar-refractivity contribution is 9.10. The van der Waals surface area contributed by atoms with Crippen LogP contribution in [0.4, 0.5) is 5.82 Å². The second-order valence-corrected chi connectivity index (χ2v) is 7.53. The molecule has 6 rings (SSSR count). The first-order valence-electron chi connectivity index (χ1n) is 8.26. The van der Waals surface area contributed by atoms with Crippen molar-refractivity contribution in [2.24, 2.45) is 0 Å². The zero-order valence-corrected chi connectivity index (χ0v) is 14.9. The monoisotopic (exact) mass is 394 g/mol. The van der Waals surface area contributed by atoms with Crippen LogP contribution in [0.5, 0.6) is 0 Å². The zero-order valence-electron chi connectivity index (χ0n) is 13.4. The standard InChI is InChI=1S/C18H15BrN6/c19-12-2-3-16-15(6-20)18(23-25(16)8-12)11-1-4-17(21-7-11)24-9-13-5-14(10-24)22-13/h1-4,7-8,13-14,22H,5,9-10H2. The molecule has 3 aliphatic heterocycles. The van der Waals surface area contributed by atoms with Crippen molar-refractivity contribution in [1.82, 2.24) is 19.9 Å². The maximum Gasteiger partial charge on any atom is 0.128 e. The molecule has 0 saturated carbocycles. The molecule has 2 atom stereocenters. The van der Waals surface area contributed by atoms with E-state index in [1.54, 1.807) is 4.52 Å². The maximum absolute atomic E-state index is 9.58. The molecule has 25 heavy (non-hydrogen) atoms. The van der Waals surface area contributed by atoms with Crippen molar-refractivity contribution >= 4 is 27.3 Å². The van der Waals surface area contributed by atoms with Crippen LogP contribution in [0.25, 0.3) is 16.8 Å². The molecule has 0 radical (unpaired) electrons. The fourth-order valence-corrected chi connectivity index (χ4v) is 4.08. The molecule has 3 aliphatic rings. The number of nitriles is 1. The third-order valence-electron chi connectivity index (χ3n) is 4.97. The predicted molar refractivity (Wildman–Crippen MR) is 98.4 cm³/mol. The van der Waals surface area contributed by atoms with E-state index >= 15 is 0 Å². The number of hydrogen-bond donors (Lipinski definition) is 1. The summed E-state index contributed by atoms with van der Waals surface area (Å²) in [5.74, 6) is 0.991. The minimum absolute atomic E-state index is 0.575. The van der Waals surface area contributed by atoms with Crippen molar-refractivity contribution in [1.29, 1.82) is 5.26 Å². The molecule has 0 amide bonds. The van der Waals surface area contributed by atoms with Crippen molar-refractivity contribution in [3.63, 3.8) is 0 Å². The number of piperidine rings is 1. The lowest BCUT2D eigenvalue weighted by Gasteiger charge is -2.48. The Kier molecular flexibility index (Phi) is 3.30. The highest BCUT2D eigenvalue weighted by Crippen LogP contribution is 2.29. The molecular weight excluding hydrogens is 380 g/mol. The molecule has 2 bridgehead atoms. The topological polar surface area (TPSA) is 69.2 Å². The Morgan fingerprint density at radius 2 is 2.00 bits per heavy atom. The van der Waals surface area contributed by atoms with Gasteiger partial charge in [0.05, 0.1) is 5.52 Å². The van der Waals surface area contributed by atoms with Crippen molar-refractivity contribution in [3.05, 3.63) is 46.7 Å². The molecule has 3 aromatic heterocycles. The fourth-order valence-electron chi connectivity index (χ4n) is 3.75. The molecule has 0 spiro atoms. The van der Waals surface area contributed by atoms with E-state index in [4.69, 9.17) is 0 Å². The van der Waals surface area contributed by atoms with E-state index in [-0.39, 0.29) is 0 Å². The highest BCUT2D eigenvalue weighted by Gasteiger charge is 2.36. The molecule has 6 nitrogen and oxygen atoms in total. The van der Waals surface area contributed by atoms with Gasteiger partial charge in [-0.2, -0.15) is 10.4 Å². The van der Waals surface area contributed by atoms with Crippen LogP contribution in [0.3, 0.4) is 0 Å². The molecule has 6 heterocycles. The van der Waals surface area contributed by atoms with E-state index < -0.39 is 0 Å². The third kappa shape index (κ3) is 2.41. The number of anilines is 1. The van der Waals surface area contributed by atoms with E-state index in [9.17, 15) is 5.26 Å². The van der Waals surface area contributed by atoms with Crippen LogP contribution in [0.1, 0.15) is 12.0 Å². The Morgan fingerprint density at radius 1 is 1.20 bits per heavy atom. The van der Waals surface area contributed by atoms with Crippen LogP contribution in [0, 0.1) is 11.3 Å². The average Bonchev–Trinajstić information content (AvgIpc) is 2.99. The number of piperazine rings is 1. The molecule has 3 aromatic rings. The van der Waals surface area contributed by atoms with E-state index in [0.717, 1.165) is 34.5 Å². The summed E-state index contributed by atoms with van der Waals surface area (Å²) in [7, 11) is 0. The second kappa shape index (κ2) is 5.55. The molecule has 7 heteroatoms. The lowest BCUT2D eigenvalue weighted by Crippen LogP contribution is -2.67. The normalized spacial score (nSPS) is 21.8. The Balaban J connectivity index is 1.51. The summed E-state index contributed by atoms with van der Waals surface area (Å²) in [5.41, 5.74) is 2.90. The van der Waals surface area contributed by atoms with E-state index in [2.05, 4.69) is 42.3 Å². The molecule has 3 saturated heterocycles. The lowest BCUT2D eigenvalue weighted by molar-refractivity contribution is 0.225. The summed E-state index contributed by atoms with van der Waals surface area (Å²) in [6.07, 6.45) is 4.95. The smallest absolute Gasteiger partial charge is 0.128 e. The Morgan fingerprint density at radius 3 is 2.68 bits per heavy atom. The predicted octanol–water partition coefficient (Wildman–Crippen LogP) is 2.58.